The molecule has 4 heterocycles. The van der Waals surface area contributed by atoms with Crippen molar-refractivity contribution in [3.63, 3.8) is 0 Å². The van der Waals surface area contributed by atoms with Gasteiger partial charge in [0.2, 0.25) is 6.79 Å². The molecule has 1 aromatic carbocycles. The Morgan fingerprint density at radius 1 is 1.32 bits per heavy atom. The minimum absolute atomic E-state index is 0.181. The number of halogens is 1. The lowest BCUT2D eigenvalue weighted by atomic mass is 9.93. The summed E-state index contributed by atoms with van der Waals surface area (Å²) in [7, 11) is 0. The Balaban J connectivity index is 1.36. The Morgan fingerprint density at radius 2 is 2.06 bits per heavy atom. The second-order valence-corrected chi connectivity index (χ2v) is 10.8. The van der Waals surface area contributed by atoms with Crippen LogP contribution in [0.2, 0.25) is 0 Å². The number of nitrogen functional groups attached to an aromatic ring is 1. The lowest BCUT2D eigenvalue weighted by molar-refractivity contribution is -0.140. The van der Waals surface area contributed by atoms with Crippen LogP contribution in [0.25, 0.3) is 11.0 Å². The third kappa shape index (κ3) is 4.65. The van der Waals surface area contributed by atoms with Gasteiger partial charge in [-0.3, -0.25) is 4.79 Å². The Labute approximate surface area is 215 Å². The molecular formula is C23H26IN5O4S. The Bertz CT molecular complexity index is 1230. The van der Waals surface area contributed by atoms with E-state index in [1.807, 2.05) is 18.2 Å². The number of anilines is 1. The number of piperidine rings is 1. The van der Waals surface area contributed by atoms with E-state index >= 15 is 0 Å². The highest BCUT2D eigenvalue weighted by molar-refractivity contribution is 14.1. The zero-order valence-electron chi connectivity index (χ0n) is 18.7. The number of aliphatic hydroxyl groups excluding tert-OH is 1. The predicted molar refractivity (Wildman–Crippen MR) is 137 cm³/mol. The number of hydrogen-bond acceptors (Lipinski definition) is 8. The van der Waals surface area contributed by atoms with Gasteiger partial charge in [-0.25, -0.2) is 9.97 Å². The number of aliphatic hydroxyl groups is 1. The van der Waals surface area contributed by atoms with Gasteiger partial charge >= 0.3 is 0 Å². The molecule has 1 amide bonds. The molecule has 0 bridgehead atoms. The number of likely N-dealkylation sites (tertiary alicyclic amines) is 1. The van der Waals surface area contributed by atoms with E-state index in [1.165, 1.54) is 6.92 Å². The number of hydrogen-bond donors (Lipinski definition) is 2. The average Bonchev–Trinajstić information content (AvgIpc) is 3.42. The molecule has 1 fully saturated rings. The first kappa shape index (κ1) is 23.5. The number of fused-ring (bicyclic) bond motifs is 2. The van der Waals surface area contributed by atoms with Crippen molar-refractivity contribution in [3.8, 4) is 11.5 Å². The summed E-state index contributed by atoms with van der Waals surface area (Å²) in [5.74, 6) is 2.24. The van der Waals surface area contributed by atoms with Crippen LogP contribution in [0.15, 0.2) is 34.4 Å². The summed E-state index contributed by atoms with van der Waals surface area (Å²) < 4.78 is 14.3. The number of amides is 1. The fourth-order valence-electron chi connectivity index (χ4n) is 4.44. The van der Waals surface area contributed by atoms with Crippen molar-refractivity contribution < 1.29 is 19.4 Å². The molecule has 0 radical (unpaired) electrons. The van der Waals surface area contributed by atoms with E-state index in [2.05, 4.69) is 32.1 Å². The molecule has 0 unspecified atom stereocenters. The van der Waals surface area contributed by atoms with E-state index in [4.69, 9.17) is 20.2 Å². The van der Waals surface area contributed by atoms with Gasteiger partial charge in [0.25, 0.3) is 5.91 Å². The summed E-state index contributed by atoms with van der Waals surface area (Å²) in [6, 6.07) is 5.93. The van der Waals surface area contributed by atoms with Gasteiger partial charge in [0.1, 0.15) is 11.6 Å². The van der Waals surface area contributed by atoms with E-state index in [9.17, 15) is 9.90 Å². The van der Waals surface area contributed by atoms with Crippen LogP contribution in [0.3, 0.4) is 0 Å². The number of rotatable bonds is 6. The minimum Gasteiger partial charge on any atom is -0.454 e. The second kappa shape index (κ2) is 9.78. The van der Waals surface area contributed by atoms with Crippen molar-refractivity contribution in [2.45, 2.75) is 48.9 Å². The number of carbonyl (C=O) groups excluding carboxylic acids is 1. The molecule has 11 heteroatoms. The van der Waals surface area contributed by atoms with Crippen molar-refractivity contribution in [2.24, 2.45) is 5.92 Å². The molecule has 2 aromatic heterocycles. The third-order valence-corrected chi connectivity index (χ3v) is 8.64. The highest BCUT2D eigenvalue weighted by Crippen LogP contribution is 2.42. The fourth-order valence-corrected chi connectivity index (χ4v) is 6.16. The van der Waals surface area contributed by atoms with Crippen molar-refractivity contribution in [1.82, 2.24) is 19.4 Å². The third-order valence-electron chi connectivity index (χ3n) is 6.33. The maximum absolute atomic E-state index is 12.1. The van der Waals surface area contributed by atoms with Crippen LogP contribution >= 0.6 is 34.4 Å². The number of pyridine rings is 1. The normalized spacial score (nSPS) is 16.9. The topological polar surface area (TPSA) is 116 Å². The number of nitrogens with two attached hydrogens (primary N) is 1. The SMILES string of the molecule is C[C@H](O)C(=O)N1CCC(CCn2c(Sc3cc4c(cc3[131I])OCO4)nc3c(N)nccc32)CC1. The van der Waals surface area contributed by atoms with Crippen molar-refractivity contribution >= 4 is 57.1 Å². The highest BCUT2D eigenvalue weighted by Gasteiger charge is 2.26. The van der Waals surface area contributed by atoms with Crippen LogP contribution in [-0.4, -0.2) is 56.4 Å². The Hall–Kier alpha value is -2.25. The summed E-state index contributed by atoms with van der Waals surface area (Å²) in [5.41, 5.74) is 7.82. The van der Waals surface area contributed by atoms with Gasteiger partial charge in [-0.15, -0.1) is 0 Å². The van der Waals surface area contributed by atoms with Crippen LogP contribution in [0.1, 0.15) is 26.2 Å². The highest BCUT2D eigenvalue weighted by atomic mass is 131. The quantitative estimate of drug-likeness (QED) is 0.414. The monoisotopic (exact) mass is 599 g/mol. The maximum atomic E-state index is 12.1. The van der Waals surface area contributed by atoms with E-state index < -0.39 is 6.10 Å². The molecule has 2 aliphatic heterocycles. The molecule has 34 heavy (non-hydrogen) atoms. The molecule has 180 valence electrons. The summed E-state index contributed by atoms with van der Waals surface area (Å²) >= 11 is 3.89. The summed E-state index contributed by atoms with van der Waals surface area (Å²) in [5, 5.41) is 10.4. The smallest absolute Gasteiger partial charge is 0.251 e. The number of benzene rings is 1. The molecule has 0 spiro atoms. The first-order valence-corrected chi connectivity index (χ1v) is 13.1. The van der Waals surface area contributed by atoms with Crippen molar-refractivity contribution in [1.29, 1.82) is 0 Å². The van der Waals surface area contributed by atoms with E-state index in [1.54, 1.807) is 22.9 Å². The van der Waals surface area contributed by atoms with Gasteiger partial charge in [-0.05, 0) is 72.9 Å². The molecule has 5 rings (SSSR count). The van der Waals surface area contributed by atoms with E-state index in [-0.39, 0.29) is 12.7 Å². The summed E-state index contributed by atoms with van der Waals surface area (Å²) in [6.07, 6.45) is 3.60. The zero-order chi connectivity index (χ0) is 23.8. The van der Waals surface area contributed by atoms with Gasteiger partial charge in [-0.1, -0.05) is 11.8 Å². The standard InChI is InChI=1S/C23H26IN5O4S/c1-13(30)22(31)28-7-3-14(4-8-28)5-9-29-16-2-6-26-21(25)20(16)27-23(29)34-19-11-18-17(10-15(19)24)32-12-33-18/h2,6,10-11,13-14,30H,3-5,7-9,12H2,1H3,(H2,25,26)/t13-/m0/s1/i24+4. The lowest BCUT2D eigenvalue weighted by Gasteiger charge is -2.32. The molecule has 2 aliphatic rings. The molecular weight excluding hydrogens is 573 g/mol. The minimum atomic E-state index is -0.938. The van der Waals surface area contributed by atoms with Gasteiger partial charge in [0, 0.05) is 34.3 Å². The summed E-state index contributed by atoms with van der Waals surface area (Å²) in [6.45, 7) is 3.93. The van der Waals surface area contributed by atoms with Crippen molar-refractivity contribution in [2.75, 3.05) is 25.6 Å². The van der Waals surface area contributed by atoms with Crippen LogP contribution in [0, 0.1) is 9.49 Å². The molecule has 1 atom stereocenters. The maximum Gasteiger partial charge on any atom is 0.251 e. The number of aryl methyl sites for hydroxylation is 1. The molecule has 1 saturated heterocycles. The number of imidazole rings is 1. The van der Waals surface area contributed by atoms with Crippen LogP contribution in [0.4, 0.5) is 5.82 Å². The first-order chi connectivity index (χ1) is 16.4. The Morgan fingerprint density at radius 3 is 2.79 bits per heavy atom. The Kier molecular flexibility index (Phi) is 6.76. The van der Waals surface area contributed by atoms with E-state index in [0.717, 1.165) is 56.4 Å². The summed E-state index contributed by atoms with van der Waals surface area (Å²) in [4.78, 5) is 23.9. The average molecular weight is 599 g/mol. The molecule has 3 aromatic rings. The van der Waals surface area contributed by atoms with Crippen LogP contribution in [0.5, 0.6) is 11.5 Å². The van der Waals surface area contributed by atoms with Gasteiger partial charge in [0.15, 0.2) is 22.5 Å². The largest absolute Gasteiger partial charge is 0.454 e. The number of aromatic nitrogens is 3. The second-order valence-electron chi connectivity index (χ2n) is 8.58. The number of ether oxygens (including phenoxy) is 2. The number of carbonyl (C=O) groups is 1. The predicted octanol–water partition coefficient (Wildman–Crippen LogP) is 3.51. The molecule has 0 aliphatic carbocycles. The van der Waals surface area contributed by atoms with Crippen molar-refractivity contribution in [3.05, 3.63) is 28.0 Å². The number of nitrogens with zero attached hydrogens (tertiary/aromatic N) is 4. The fraction of sp³-hybridized carbons (Fsp3) is 0.435. The van der Waals surface area contributed by atoms with Gasteiger partial charge in [-0.2, -0.15) is 0 Å². The van der Waals surface area contributed by atoms with E-state index in [0.29, 0.717) is 30.3 Å². The molecule has 3 N–H and O–H groups in total. The van der Waals surface area contributed by atoms with Crippen LogP contribution < -0.4 is 15.2 Å². The molecule has 9 nitrogen and oxygen atoms in total. The van der Waals surface area contributed by atoms with Crippen LogP contribution in [-0.2, 0) is 11.3 Å². The van der Waals surface area contributed by atoms with Gasteiger partial charge < -0.3 is 29.8 Å². The lowest BCUT2D eigenvalue weighted by Crippen LogP contribution is -2.43. The van der Waals surface area contributed by atoms with Gasteiger partial charge in [0.05, 0.1) is 5.52 Å². The first-order valence-electron chi connectivity index (χ1n) is 11.2. The zero-order valence-corrected chi connectivity index (χ0v) is 21.7. The molecule has 0 saturated carbocycles.